The fourth-order valence-corrected chi connectivity index (χ4v) is 6.40. The summed E-state index contributed by atoms with van der Waals surface area (Å²) >= 11 is -1.81. The Labute approximate surface area is 303 Å². The first-order chi connectivity index (χ1) is 23.6. The molecule has 1 heterocycles. The zero-order valence-corrected chi connectivity index (χ0v) is 32.1. The number of benzene rings is 1. The predicted molar refractivity (Wildman–Crippen MR) is 195 cm³/mol. The Morgan fingerprint density at radius 1 is 0.588 bits per heavy atom. The van der Waals surface area contributed by atoms with E-state index >= 15 is 0 Å². The van der Waals surface area contributed by atoms with Gasteiger partial charge in [0.15, 0.2) is 22.6 Å². The molecule has 0 bridgehead atoms. The highest BCUT2D eigenvalue weighted by atomic mass is 32.2. The van der Waals surface area contributed by atoms with Crippen LogP contribution >= 0.6 is 0 Å². The van der Waals surface area contributed by atoms with E-state index in [1.807, 2.05) is 0 Å². The van der Waals surface area contributed by atoms with Gasteiger partial charge in [-0.25, -0.2) is 21.0 Å². The third-order valence-electron chi connectivity index (χ3n) is 5.05. The standard InChI is InChI=1S/C12H12O9S3.C11H19N3O6S3.2C2H4/c1-4-22(13,14)19-10-7-8-11(20-23(15,16)5-2)12(9-10)21-24(17,18)6-3;1-4-21(15)20-12-8-7-9-13(22(16,17)5-2)11-14(10-12)23(18,19)6-3;2*1-2/h4-9H,1-3H2;4-6H,1-3,7-11H2;2*1-2H2. The molecule has 1 atom stereocenters. The second-order valence-electron chi connectivity index (χ2n) is 8.23. The Balaban J connectivity index is 0. The second-order valence-corrected chi connectivity index (χ2v) is 17.5. The van der Waals surface area contributed by atoms with Gasteiger partial charge in [-0.15, -0.1) is 26.3 Å². The molecule has 1 unspecified atom stereocenters. The number of hydrogen-bond donors (Lipinski definition) is 0. The third kappa shape index (κ3) is 17.9. The second kappa shape index (κ2) is 22.3. The summed E-state index contributed by atoms with van der Waals surface area (Å²) < 4.78 is 148. The van der Waals surface area contributed by atoms with Crippen LogP contribution in [0.1, 0.15) is 6.42 Å². The van der Waals surface area contributed by atoms with Gasteiger partial charge < -0.3 is 12.5 Å². The monoisotopic (exact) mass is 837 g/mol. The summed E-state index contributed by atoms with van der Waals surface area (Å²) in [5.41, 5.74) is 0. The molecular weight excluding hydrogens is 799 g/mol. The Hall–Kier alpha value is -3.72. The molecule has 1 saturated heterocycles. The Kier molecular flexibility index (Phi) is 21.6. The van der Waals surface area contributed by atoms with E-state index in [1.54, 1.807) is 0 Å². The lowest BCUT2D eigenvalue weighted by molar-refractivity contribution is -0.0790. The first-order valence-electron chi connectivity index (χ1n) is 13.2. The topological polar surface area (TPSA) is 234 Å². The normalized spacial score (nSPS) is 15.3. The Bertz CT molecular complexity index is 1980. The molecule has 51 heavy (non-hydrogen) atoms. The summed E-state index contributed by atoms with van der Waals surface area (Å²) in [6.07, 6.45) is 0.351. The smallest absolute Gasteiger partial charge is 0.331 e. The van der Waals surface area contributed by atoms with Crippen molar-refractivity contribution >= 4 is 61.5 Å². The van der Waals surface area contributed by atoms with Gasteiger partial charge in [-0.1, -0.05) is 39.5 Å². The van der Waals surface area contributed by atoms with Crippen LogP contribution in [0.25, 0.3) is 0 Å². The fraction of sp³-hybridized carbons (Fsp3) is 0.185. The maximum Gasteiger partial charge on any atom is 0.331 e. The van der Waals surface area contributed by atoms with Gasteiger partial charge in [0.1, 0.15) is 5.75 Å². The van der Waals surface area contributed by atoms with Gasteiger partial charge in [-0.3, -0.25) is 0 Å². The van der Waals surface area contributed by atoms with Crippen molar-refractivity contribution in [2.24, 2.45) is 0 Å². The molecule has 0 spiro atoms. The number of nitrogens with zero attached hydrogens (tertiary/aromatic N) is 3. The minimum atomic E-state index is -4.29. The van der Waals surface area contributed by atoms with Crippen molar-refractivity contribution in [1.29, 1.82) is 0 Å². The average Bonchev–Trinajstić information content (AvgIpc) is 3.08. The molecular formula is C27H39N3O15S6. The highest BCUT2D eigenvalue weighted by molar-refractivity contribution is 7.93. The minimum Gasteiger partial charge on any atom is -0.379 e. The zero-order chi connectivity index (χ0) is 40.3. The van der Waals surface area contributed by atoms with E-state index in [1.165, 1.54) is 5.06 Å². The Morgan fingerprint density at radius 2 is 1.04 bits per heavy atom. The molecule has 1 aromatic rings. The van der Waals surface area contributed by atoms with Gasteiger partial charge in [0, 0.05) is 35.4 Å². The van der Waals surface area contributed by atoms with Gasteiger partial charge in [-0.05, 0) is 18.6 Å². The number of sulfonamides is 2. The average molecular weight is 838 g/mol. The van der Waals surface area contributed by atoms with Gasteiger partial charge in [0.2, 0.25) is 20.0 Å². The summed E-state index contributed by atoms with van der Waals surface area (Å²) in [7, 11) is -20.3. The molecule has 2 rings (SSSR count). The van der Waals surface area contributed by atoms with Crippen molar-refractivity contribution in [3.05, 3.63) is 116 Å². The fourth-order valence-electron chi connectivity index (χ4n) is 2.90. The summed E-state index contributed by atoms with van der Waals surface area (Å²) in [6.45, 7) is 30.3. The quantitative estimate of drug-likeness (QED) is 0.172. The molecule has 18 nitrogen and oxygen atoms in total. The molecule has 1 aliphatic rings. The molecule has 288 valence electrons. The van der Waals surface area contributed by atoms with Gasteiger partial charge in [0.25, 0.3) is 0 Å². The summed E-state index contributed by atoms with van der Waals surface area (Å²) in [4.78, 5) is 0. The minimum absolute atomic E-state index is 0.0537. The number of hydrogen-bond acceptors (Lipinski definition) is 16. The van der Waals surface area contributed by atoms with E-state index in [2.05, 4.69) is 78.3 Å². The third-order valence-corrected chi connectivity index (χ3v) is 11.0. The first kappa shape index (κ1) is 49.4. The molecule has 0 N–H and O–H groups in total. The van der Waals surface area contributed by atoms with Crippen LogP contribution in [-0.2, 0) is 65.8 Å². The SMILES string of the molecule is C=C.C=C.C=CS(=O)(=O)Oc1ccc(OS(=O)(=O)C=C)c(OS(=O)(=O)C=C)c1.C=CS(=O)ON1CCCN(S(=O)(=O)C=C)CN(S(=O)(=O)C=C)C1. The van der Waals surface area contributed by atoms with E-state index < -0.39 is 79.6 Å². The highest BCUT2D eigenvalue weighted by Crippen LogP contribution is 2.34. The molecule has 1 aromatic carbocycles. The molecule has 1 fully saturated rings. The number of rotatable bonds is 16. The van der Waals surface area contributed by atoms with Crippen LogP contribution in [0.3, 0.4) is 0 Å². The first-order valence-corrected chi connectivity index (χ1v) is 21.7. The van der Waals surface area contributed by atoms with E-state index in [0.29, 0.717) is 28.1 Å². The van der Waals surface area contributed by atoms with Crippen LogP contribution in [0.4, 0.5) is 0 Å². The van der Waals surface area contributed by atoms with E-state index in [0.717, 1.165) is 37.6 Å². The lowest BCUT2D eigenvalue weighted by Gasteiger charge is -2.33. The van der Waals surface area contributed by atoms with Gasteiger partial charge >= 0.3 is 30.4 Å². The van der Waals surface area contributed by atoms with E-state index in [9.17, 15) is 46.3 Å². The van der Waals surface area contributed by atoms with Crippen molar-refractivity contribution in [1.82, 2.24) is 13.7 Å². The van der Waals surface area contributed by atoms with Gasteiger partial charge in [-0.2, -0.15) is 43.2 Å². The molecule has 0 aliphatic carbocycles. The predicted octanol–water partition coefficient (Wildman–Crippen LogP) is 2.74. The maximum absolute atomic E-state index is 12.1. The molecule has 0 amide bonds. The van der Waals surface area contributed by atoms with Gasteiger partial charge in [0.05, 0.1) is 29.6 Å². The Morgan fingerprint density at radius 3 is 1.49 bits per heavy atom. The van der Waals surface area contributed by atoms with Crippen LogP contribution in [0.5, 0.6) is 17.2 Å². The van der Waals surface area contributed by atoms with Crippen molar-refractivity contribution in [2.45, 2.75) is 6.42 Å². The van der Waals surface area contributed by atoms with Crippen LogP contribution in [0.2, 0.25) is 0 Å². The van der Waals surface area contributed by atoms with Crippen molar-refractivity contribution in [3.8, 4) is 17.2 Å². The molecule has 0 aromatic heterocycles. The summed E-state index contributed by atoms with van der Waals surface area (Å²) in [5, 5.41) is 5.14. The van der Waals surface area contributed by atoms with Crippen LogP contribution in [-0.4, -0.2) is 86.4 Å². The van der Waals surface area contributed by atoms with Crippen molar-refractivity contribution in [2.75, 3.05) is 26.4 Å². The zero-order valence-electron chi connectivity index (χ0n) is 27.2. The molecule has 24 heteroatoms. The van der Waals surface area contributed by atoms with Crippen molar-refractivity contribution in [3.63, 3.8) is 0 Å². The largest absolute Gasteiger partial charge is 0.379 e. The van der Waals surface area contributed by atoms with Crippen LogP contribution < -0.4 is 12.5 Å². The summed E-state index contributed by atoms with van der Waals surface area (Å²) in [6, 6.07) is 2.75. The number of hydroxylamine groups is 2. The lowest BCUT2D eigenvalue weighted by atomic mass is 10.3. The van der Waals surface area contributed by atoms with E-state index in [4.69, 9.17) is 4.28 Å². The molecule has 1 aliphatic heterocycles. The van der Waals surface area contributed by atoms with E-state index in [-0.39, 0.29) is 25.5 Å². The van der Waals surface area contributed by atoms with Crippen LogP contribution in [0, 0.1) is 0 Å². The molecule has 0 radical (unpaired) electrons. The highest BCUT2D eigenvalue weighted by Gasteiger charge is 2.31. The lowest BCUT2D eigenvalue weighted by Crippen LogP contribution is -2.50. The maximum atomic E-state index is 12.1. The molecule has 0 saturated carbocycles. The van der Waals surface area contributed by atoms with Crippen LogP contribution in [0.15, 0.2) is 116 Å². The summed E-state index contributed by atoms with van der Waals surface area (Å²) in [5.74, 6) is -1.55. The van der Waals surface area contributed by atoms with Crippen molar-refractivity contribution < 1.29 is 63.1 Å².